The lowest BCUT2D eigenvalue weighted by atomic mass is 9.87. The number of hydrogen-bond donors (Lipinski definition) is 0. The van der Waals surface area contributed by atoms with Crippen molar-refractivity contribution in [3.8, 4) is 55.6 Å². The molecule has 0 spiro atoms. The third-order valence-electron chi connectivity index (χ3n) is 10.1. The highest BCUT2D eigenvalue weighted by Crippen LogP contribution is 2.46. The van der Waals surface area contributed by atoms with Crippen molar-refractivity contribution in [3.05, 3.63) is 224 Å². The van der Waals surface area contributed by atoms with Crippen molar-refractivity contribution in [1.82, 2.24) is 0 Å². The van der Waals surface area contributed by atoms with Crippen molar-refractivity contribution < 1.29 is 0 Å². The van der Waals surface area contributed by atoms with Gasteiger partial charge in [0.1, 0.15) is 0 Å². The lowest BCUT2D eigenvalue weighted by Crippen LogP contribution is -2.11. The number of para-hydroxylation sites is 2. The number of anilines is 3. The molecule has 9 rings (SSSR count). The van der Waals surface area contributed by atoms with Gasteiger partial charge in [-0.3, -0.25) is 0 Å². The molecule has 1 nitrogen and oxygen atoms in total. The topological polar surface area (TPSA) is 3.24 Å². The van der Waals surface area contributed by atoms with E-state index in [1.807, 2.05) is 0 Å². The Bertz CT molecular complexity index is 2660. The summed E-state index contributed by atoms with van der Waals surface area (Å²) in [7, 11) is 0. The van der Waals surface area contributed by atoms with Gasteiger partial charge >= 0.3 is 0 Å². The van der Waals surface area contributed by atoms with Crippen LogP contribution in [0.5, 0.6) is 0 Å². The zero-order valence-electron chi connectivity index (χ0n) is 29.3. The van der Waals surface area contributed by atoms with Gasteiger partial charge in [0.15, 0.2) is 0 Å². The SMILES string of the molecule is c1ccc(-c2ccc(-c3ccccc3-c3ccccc3N(c3ccccc3)c3cccc(-c4ccc5ccccc5c4)c3)c(-c3ccccc3)c2)cc1. The van der Waals surface area contributed by atoms with Crippen LogP contribution in [0.2, 0.25) is 0 Å². The molecule has 0 atom stereocenters. The van der Waals surface area contributed by atoms with Crippen LogP contribution in [0.15, 0.2) is 224 Å². The predicted molar refractivity (Wildman–Crippen MR) is 226 cm³/mol. The molecule has 0 saturated carbocycles. The van der Waals surface area contributed by atoms with E-state index in [2.05, 4.69) is 229 Å². The van der Waals surface area contributed by atoms with Crippen molar-refractivity contribution in [2.75, 3.05) is 4.90 Å². The van der Waals surface area contributed by atoms with E-state index in [1.54, 1.807) is 0 Å². The van der Waals surface area contributed by atoms with E-state index in [9.17, 15) is 0 Å². The van der Waals surface area contributed by atoms with Gasteiger partial charge in [-0.15, -0.1) is 0 Å². The quantitative estimate of drug-likeness (QED) is 0.155. The molecular formula is C52H37N. The van der Waals surface area contributed by atoms with Crippen LogP contribution in [0.1, 0.15) is 0 Å². The first-order chi connectivity index (χ1) is 26.3. The summed E-state index contributed by atoms with van der Waals surface area (Å²) in [6.45, 7) is 0. The third kappa shape index (κ3) is 6.42. The molecule has 250 valence electrons. The highest BCUT2D eigenvalue weighted by Gasteiger charge is 2.21. The molecule has 0 heterocycles. The summed E-state index contributed by atoms with van der Waals surface area (Å²) in [4.78, 5) is 2.40. The standard InChI is InChI=1S/C52H37N/c1-4-17-38(18-5-1)44-33-34-49(51(37-44)40-20-6-2-7-21-40)47-27-12-13-28-48(47)50-29-14-15-30-52(50)53(45-24-8-3-9-25-45)46-26-16-23-42(36-46)43-32-31-39-19-10-11-22-41(39)35-43/h1-37H. The molecule has 53 heavy (non-hydrogen) atoms. The number of nitrogens with zero attached hydrogens (tertiary/aromatic N) is 1. The minimum absolute atomic E-state index is 1.10. The second-order valence-corrected chi connectivity index (χ2v) is 13.3. The number of hydrogen-bond acceptors (Lipinski definition) is 1. The summed E-state index contributed by atoms with van der Waals surface area (Å²) in [5.74, 6) is 0. The van der Waals surface area contributed by atoms with Gasteiger partial charge < -0.3 is 4.90 Å². The maximum absolute atomic E-state index is 2.40. The van der Waals surface area contributed by atoms with E-state index >= 15 is 0 Å². The molecule has 0 amide bonds. The van der Waals surface area contributed by atoms with E-state index in [4.69, 9.17) is 0 Å². The normalized spacial score (nSPS) is 11.0. The summed E-state index contributed by atoms with van der Waals surface area (Å²) in [5.41, 5.74) is 15.2. The molecule has 0 aliphatic carbocycles. The third-order valence-corrected chi connectivity index (χ3v) is 10.1. The average molecular weight is 676 g/mol. The van der Waals surface area contributed by atoms with Crippen molar-refractivity contribution in [1.29, 1.82) is 0 Å². The maximum atomic E-state index is 2.40. The van der Waals surface area contributed by atoms with Crippen LogP contribution < -0.4 is 4.90 Å². The summed E-state index contributed by atoms with van der Waals surface area (Å²) in [5, 5.41) is 2.49. The van der Waals surface area contributed by atoms with Crippen molar-refractivity contribution >= 4 is 27.8 Å². The molecule has 9 aromatic carbocycles. The smallest absolute Gasteiger partial charge is 0.0540 e. The van der Waals surface area contributed by atoms with Gasteiger partial charge in [-0.1, -0.05) is 182 Å². The summed E-state index contributed by atoms with van der Waals surface area (Å²) in [6.07, 6.45) is 0. The van der Waals surface area contributed by atoms with Gasteiger partial charge in [0.2, 0.25) is 0 Å². The first-order valence-corrected chi connectivity index (χ1v) is 18.2. The predicted octanol–water partition coefficient (Wildman–Crippen LogP) is 14.6. The Labute approximate surface area is 311 Å². The van der Waals surface area contributed by atoms with E-state index < -0.39 is 0 Å². The first-order valence-electron chi connectivity index (χ1n) is 18.2. The zero-order chi connectivity index (χ0) is 35.4. The Hall–Kier alpha value is -6.96. The molecule has 0 aliphatic rings. The van der Waals surface area contributed by atoms with Crippen LogP contribution in [-0.2, 0) is 0 Å². The molecule has 0 fully saturated rings. The van der Waals surface area contributed by atoms with E-state index in [0.717, 1.165) is 22.6 Å². The highest BCUT2D eigenvalue weighted by molar-refractivity contribution is 5.98. The fraction of sp³-hybridized carbons (Fsp3) is 0. The molecule has 0 unspecified atom stereocenters. The lowest BCUT2D eigenvalue weighted by Gasteiger charge is -2.29. The highest BCUT2D eigenvalue weighted by atomic mass is 15.1. The molecular weight excluding hydrogens is 639 g/mol. The van der Waals surface area contributed by atoms with Gasteiger partial charge in [-0.2, -0.15) is 0 Å². The van der Waals surface area contributed by atoms with Gasteiger partial charge in [-0.25, -0.2) is 0 Å². The summed E-state index contributed by atoms with van der Waals surface area (Å²) in [6, 6.07) is 80.9. The minimum Gasteiger partial charge on any atom is -0.310 e. The number of benzene rings is 9. The van der Waals surface area contributed by atoms with Crippen LogP contribution in [0.4, 0.5) is 17.1 Å². The van der Waals surface area contributed by atoms with Crippen LogP contribution in [0, 0.1) is 0 Å². The molecule has 0 radical (unpaired) electrons. The van der Waals surface area contributed by atoms with Gasteiger partial charge in [-0.05, 0) is 103 Å². The maximum Gasteiger partial charge on any atom is 0.0540 e. The first kappa shape index (κ1) is 32.0. The fourth-order valence-corrected chi connectivity index (χ4v) is 7.49. The monoisotopic (exact) mass is 675 g/mol. The largest absolute Gasteiger partial charge is 0.310 e. The van der Waals surface area contributed by atoms with Crippen molar-refractivity contribution in [3.63, 3.8) is 0 Å². The zero-order valence-corrected chi connectivity index (χ0v) is 29.3. The Morgan fingerprint density at radius 1 is 0.226 bits per heavy atom. The molecule has 9 aromatic rings. The molecule has 0 bridgehead atoms. The minimum atomic E-state index is 1.10. The molecule has 0 aliphatic heterocycles. The number of rotatable bonds is 8. The lowest BCUT2D eigenvalue weighted by molar-refractivity contribution is 1.28. The van der Waals surface area contributed by atoms with Crippen LogP contribution in [0.3, 0.4) is 0 Å². The summed E-state index contributed by atoms with van der Waals surface area (Å²) >= 11 is 0. The van der Waals surface area contributed by atoms with E-state index in [-0.39, 0.29) is 0 Å². The Kier molecular flexibility index (Phi) is 8.66. The number of fused-ring (bicyclic) bond motifs is 1. The van der Waals surface area contributed by atoms with Gasteiger partial charge in [0.05, 0.1) is 5.69 Å². The van der Waals surface area contributed by atoms with E-state index in [1.165, 1.54) is 60.8 Å². The molecule has 0 N–H and O–H groups in total. The Morgan fingerprint density at radius 2 is 0.717 bits per heavy atom. The Balaban J connectivity index is 1.21. The average Bonchev–Trinajstić information content (AvgIpc) is 3.25. The second-order valence-electron chi connectivity index (χ2n) is 13.3. The van der Waals surface area contributed by atoms with Gasteiger partial charge in [0, 0.05) is 16.9 Å². The molecule has 0 saturated heterocycles. The summed E-state index contributed by atoms with van der Waals surface area (Å²) < 4.78 is 0. The fourth-order valence-electron chi connectivity index (χ4n) is 7.49. The van der Waals surface area contributed by atoms with Crippen molar-refractivity contribution in [2.24, 2.45) is 0 Å². The molecule has 0 aromatic heterocycles. The van der Waals surface area contributed by atoms with Crippen molar-refractivity contribution in [2.45, 2.75) is 0 Å². The van der Waals surface area contributed by atoms with Gasteiger partial charge in [0.25, 0.3) is 0 Å². The van der Waals surface area contributed by atoms with Crippen LogP contribution >= 0.6 is 0 Å². The second kappa shape index (κ2) is 14.3. The van der Waals surface area contributed by atoms with Crippen LogP contribution in [-0.4, -0.2) is 0 Å². The van der Waals surface area contributed by atoms with E-state index in [0.29, 0.717) is 0 Å². The van der Waals surface area contributed by atoms with Crippen LogP contribution in [0.25, 0.3) is 66.4 Å². The molecule has 1 heteroatoms. The Morgan fingerprint density at radius 3 is 1.47 bits per heavy atom.